The van der Waals surface area contributed by atoms with Crippen molar-refractivity contribution in [2.45, 2.75) is 36.9 Å². The summed E-state index contributed by atoms with van der Waals surface area (Å²) in [5.41, 5.74) is 8.12. The first kappa shape index (κ1) is 25.8. The summed E-state index contributed by atoms with van der Waals surface area (Å²) in [5.74, 6) is -1.31. The molecule has 38 heavy (non-hydrogen) atoms. The number of aromatic nitrogens is 2. The fourth-order valence-electron chi connectivity index (χ4n) is 4.93. The standard InChI is InChI=1S/C28H24FN5O2S2/c1-28(2)12-20-24(21(35)13-28)23(17-10-6-7-11-19(17)29)18(14-30)25(31)34(20)26-32-33-27(38-26)37-15-22(36)16-8-4-3-5-9-16/h3-11,23H,12-13,15,31H2,1-2H3. The van der Waals surface area contributed by atoms with Gasteiger partial charge >= 0.3 is 0 Å². The number of nitrogens with two attached hydrogens (primary N) is 1. The lowest BCUT2D eigenvalue weighted by molar-refractivity contribution is -0.118. The van der Waals surface area contributed by atoms with E-state index in [-0.39, 0.29) is 46.1 Å². The van der Waals surface area contributed by atoms with E-state index < -0.39 is 11.7 Å². The van der Waals surface area contributed by atoms with Crippen LogP contribution in [0, 0.1) is 22.6 Å². The molecule has 10 heteroatoms. The molecule has 1 aliphatic heterocycles. The van der Waals surface area contributed by atoms with E-state index in [2.05, 4.69) is 16.3 Å². The topological polar surface area (TPSA) is 113 Å². The zero-order valence-electron chi connectivity index (χ0n) is 20.8. The lowest BCUT2D eigenvalue weighted by Gasteiger charge is -2.42. The fraction of sp³-hybridized carbons (Fsp3) is 0.250. The van der Waals surface area contributed by atoms with Crippen molar-refractivity contribution < 1.29 is 14.0 Å². The summed E-state index contributed by atoms with van der Waals surface area (Å²) in [6.07, 6.45) is 0.745. The van der Waals surface area contributed by atoms with Gasteiger partial charge in [0.05, 0.1) is 23.3 Å². The Morgan fingerprint density at radius 3 is 2.61 bits per heavy atom. The van der Waals surface area contributed by atoms with Crippen LogP contribution >= 0.6 is 23.1 Å². The van der Waals surface area contributed by atoms with Crippen molar-refractivity contribution >= 4 is 39.8 Å². The van der Waals surface area contributed by atoms with Gasteiger partial charge in [-0.05, 0) is 17.9 Å². The molecular formula is C28H24FN5O2S2. The maximum atomic E-state index is 15.0. The van der Waals surface area contributed by atoms with Gasteiger partial charge in [-0.3, -0.25) is 14.5 Å². The molecule has 2 aromatic carbocycles. The van der Waals surface area contributed by atoms with Crippen LogP contribution in [0.3, 0.4) is 0 Å². The number of nitriles is 1. The van der Waals surface area contributed by atoms with E-state index in [9.17, 15) is 19.2 Å². The number of Topliss-reactive ketones (excluding diaryl/α,β-unsaturated/α-hetero) is 2. The number of ketones is 2. The lowest BCUT2D eigenvalue weighted by atomic mass is 9.68. The van der Waals surface area contributed by atoms with Crippen LogP contribution in [0.15, 0.2) is 81.6 Å². The van der Waals surface area contributed by atoms with Crippen LogP contribution in [0.1, 0.15) is 48.5 Å². The van der Waals surface area contributed by atoms with Crippen molar-refractivity contribution in [2.75, 3.05) is 10.7 Å². The first-order valence-electron chi connectivity index (χ1n) is 12.0. The second kappa shape index (κ2) is 10.2. The molecule has 2 aliphatic rings. The molecule has 0 fully saturated rings. The SMILES string of the molecule is CC1(C)CC(=O)C2=C(C1)N(c1nnc(SCC(=O)c3ccccc3)s1)C(N)=C(C#N)C2c1ccccc1F. The molecule has 0 saturated carbocycles. The molecule has 2 heterocycles. The zero-order valence-corrected chi connectivity index (χ0v) is 22.4. The summed E-state index contributed by atoms with van der Waals surface area (Å²) in [4.78, 5) is 27.7. The second-order valence-electron chi connectivity index (χ2n) is 9.93. The molecule has 0 amide bonds. The van der Waals surface area contributed by atoms with E-state index in [0.717, 1.165) is 0 Å². The Labute approximate surface area is 227 Å². The van der Waals surface area contributed by atoms with Crippen LogP contribution in [-0.4, -0.2) is 27.5 Å². The minimum absolute atomic E-state index is 0.0335. The summed E-state index contributed by atoms with van der Waals surface area (Å²) in [6, 6.07) is 17.3. The molecule has 7 nitrogen and oxygen atoms in total. The number of carbonyl (C=O) groups is 2. The van der Waals surface area contributed by atoms with Gasteiger partial charge in [-0.15, -0.1) is 10.2 Å². The van der Waals surface area contributed by atoms with Crippen molar-refractivity contribution in [3.63, 3.8) is 0 Å². The number of benzene rings is 2. The number of rotatable bonds is 6. The van der Waals surface area contributed by atoms with Gasteiger partial charge in [-0.25, -0.2) is 4.39 Å². The molecule has 5 rings (SSSR count). The average Bonchev–Trinajstić information content (AvgIpc) is 3.35. The Morgan fingerprint density at radius 1 is 1.18 bits per heavy atom. The lowest BCUT2D eigenvalue weighted by Crippen LogP contribution is -2.42. The third kappa shape index (κ3) is 4.75. The molecule has 2 N–H and O–H groups in total. The normalized spacial score (nSPS) is 18.8. The van der Waals surface area contributed by atoms with E-state index in [1.165, 1.54) is 29.2 Å². The van der Waals surface area contributed by atoms with E-state index in [1.54, 1.807) is 35.2 Å². The number of nitrogens with zero attached hydrogens (tertiary/aromatic N) is 4. The molecule has 0 spiro atoms. The predicted octanol–water partition coefficient (Wildman–Crippen LogP) is 5.59. The minimum Gasteiger partial charge on any atom is -0.384 e. The first-order chi connectivity index (χ1) is 18.2. The summed E-state index contributed by atoms with van der Waals surface area (Å²) < 4.78 is 15.5. The highest BCUT2D eigenvalue weighted by atomic mass is 32.2. The van der Waals surface area contributed by atoms with Crippen LogP contribution in [0.25, 0.3) is 0 Å². The first-order valence-corrected chi connectivity index (χ1v) is 13.8. The van der Waals surface area contributed by atoms with Gasteiger partial charge in [-0.2, -0.15) is 5.26 Å². The van der Waals surface area contributed by atoms with Crippen molar-refractivity contribution in [1.29, 1.82) is 5.26 Å². The van der Waals surface area contributed by atoms with Crippen LogP contribution in [0.5, 0.6) is 0 Å². The molecule has 192 valence electrons. The molecule has 1 aliphatic carbocycles. The smallest absolute Gasteiger partial charge is 0.219 e. The van der Waals surface area contributed by atoms with Crippen molar-refractivity contribution in [2.24, 2.45) is 11.1 Å². The number of hydrogen-bond donors (Lipinski definition) is 1. The second-order valence-corrected chi connectivity index (χ2v) is 12.1. The number of halogens is 1. The molecule has 1 unspecified atom stereocenters. The van der Waals surface area contributed by atoms with Gasteiger partial charge < -0.3 is 5.73 Å². The fourth-order valence-corrected chi connectivity index (χ4v) is 6.71. The van der Waals surface area contributed by atoms with E-state index >= 15 is 0 Å². The Kier molecular flexibility index (Phi) is 6.90. The molecule has 0 radical (unpaired) electrons. The molecular weight excluding hydrogens is 521 g/mol. The highest BCUT2D eigenvalue weighted by molar-refractivity contribution is 8.01. The Morgan fingerprint density at radius 2 is 1.89 bits per heavy atom. The molecule has 1 aromatic heterocycles. The van der Waals surface area contributed by atoms with Gasteiger partial charge in [0.25, 0.3) is 0 Å². The van der Waals surface area contributed by atoms with Crippen molar-refractivity contribution in [3.8, 4) is 6.07 Å². The maximum Gasteiger partial charge on any atom is 0.219 e. The average molecular weight is 546 g/mol. The quantitative estimate of drug-likeness (QED) is 0.315. The zero-order chi connectivity index (χ0) is 27.0. The number of thioether (sulfide) groups is 1. The van der Waals surface area contributed by atoms with Gasteiger partial charge in [-0.1, -0.05) is 85.5 Å². The van der Waals surface area contributed by atoms with Gasteiger partial charge in [0.15, 0.2) is 15.9 Å². The van der Waals surface area contributed by atoms with Crippen LogP contribution < -0.4 is 10.6 Å². The maximum absolute atomic E-state index is 15.0. The number of carbonyl (C=O) groups excluding carboxylic acids is 2. The van der Waals surface area contributed by atoms with E-state index in [1.807, 2.05) is 32.0 Å². The van der Waals surface area contributed by atoms with E-state index in [0.29, 0.717) is 32.7 Å². The molecule has 3 aromatic rings. The Bertz CT molecular complexity index is 1540. The largest absolute Gasteiger partial charge is 0.384 e. The van der Waals surface area contributed by atoms with E-state index in [4.69, 9.17) is 5.73 Å². The summed E-state index contributed by atoms with van der Waals surface area (Å²) >= 11 is 2.48. The third-order valence-corrected chi connectivity index (χ3v) is 8.65. The Balaban J connectivity index is 1.54. The Hall–Kier alpha value is -3.81. The summed E-state index contributed by atoms with van der Waals surface area (Å²) in [5, 5.41) is 19.1. The van der Waals surface area contributed by atoms with Crippen LogP contribution in [0.4, 0.5) is 9.52 Å². The third-order valence-electron chi connectivity index (χ3n) is 6.61. The van der Waals surface area contributed by atoms with Gasteiger partial charge in [0.2, 0.25) is 5.13 Å². The summed E-state index contributed by atoms with van der Waals surface area (Å²) in [7, 11) is 0. The van der Waals surface area contributed by atoms with Crippen molar-refractivity contribution in [3.05, 3.63) is 94.2 Å². The highest BCUT2D eigenvalue weighted by Gasteiger charge is 2.46. The van der Waals surface area contributed by atoms with Gasteiger partial charge in [0, 0.05) is 28.8 Å². The van der Waals surface area contributed by atoms with Crippen LogP contribution in [0.2, 0.25) is 0 Å². The number of allylic oxidation sites excluding steroid dienone is 3. The minimum atomic E-state index is -0.902. The number of anilines is 1. The molecule has 1 atom stereocenters. The number of hydrogen-bond acceptors (Lipinski definition) is 9. The van der Waals surface area contributed by atoms with Crippen molar-refractivity contribution in [1.82, 2.24) is 10.2 Å². The van der Waals surface area contributed by atoms with Gasteiger partial charge in [0.1, 0.15) is 11.6 Å². The molecule has 0 saturated heterocycles. The molecule has 0 bridgehead atoms. The summed E-state index contributed by atoms with van der Waals surface area (Å²) in [6.45, 7) is 3.97. The van der Waals surface area contributed by atoms with Crippen LogP contribution in [-0.2, 0) is 4.79 Å². The monoisotopic (exact) mass is 545 g/mol. The highest BCUT2D eigenvalue weighted by Crippen LogP contribution is 2.51. The predicted molar refractivity (Wildman–Crippen MR) is 145 cm³/mol.